The molecule has 2 aromatic heterocycles. The molecule has 0 fully saturated rings. The largest absolute Gasteiger partial charge is 0.487 e. The van der Waals surface area contributed by atoms with Crippen molar-refractivity contribution < 1.29 is 9.13 Å². The van der Waals surface area contributed by atoms with E-state index in [2.05, 4.69) is 10.1 Å². The van der Waals surface area contributed by atoms with Crippen molar-refractivity contribution in [2.45, 2.75) is 16.8 Å². The number of ether oxygens (including phenoxy) is 1. The number of rotatable bonds is 6. The monoisotopic (exact) mass is 375 g/mol. The molecule has 0 saturated carbocycles. The molecule has 25 heavy (non-hydrogen) atoms. The summed E-state index contributed by atoms with van der Waals surface area (Å²) in [5, 5.41) is 4.96. The third-order valence-corrected chi connectivity index (χ3v) is 5.36. The topological polar surface area (TPSA) is 57.0 Å². The molecule has 0 amide bonds. The van der Waals surface area contributed by atoms with Crippen LogP contribution in [0.5, 0.6) is 5.75 Å². The maximum Gasteiger partial charge on any atom is 0.315 e. The number of nitrogens with zero attached hydrogens (tertiary/aromatic N) is 3. The Morgan fingerprint density at radius 1 is 1.20 bits per heavy atom. The summed E-state index contributed by atoms with van der Waals surface area (Å²) in [6, 6.07) is 11.3. The van der Waals surface area contributed by atoms with E-state index in [1.165, 1.54) is 46.0 Å². The maximum absolute atomic E-state index is 13.4. The van der Waals surface area contributed by atoms with Crippen molar-refractivity contribution >= 4 is 21.6 Å². The van der Waals surface area contributed by atoms with Gasteiger partial charge in [-0.2, -0.15) is 9.78 Å². The summed E-state index contributed by atoms with van der Waals surface area (Å²) in [5.74, 6) is -0.247. The van der Waals surface area contributed by atoms with E-state index in [4.69, 9.17) is 4.74 Å². The second-order valence-corrected chi connectivity index (χ2v) is 6.99. The van der Waals surface area contributed by atoms with E-state index in [0.29, 0.717) is 17.2 Å². The summed E-state index contributed by atoms with van der Waals surface area (Å²) in [6.07, 6.45) is 3.24. The zero-order valence-corrected chi connectivity index (χ0v) is 14.9. The molecule has 1 aromatic carbocycles. The van der Waals surface area contributed by atoms with Crippen molar-refractivity contribution in [3.05, 3.63) is 71.0 Å². The maximum atomic E-state index is 13.4. The third kappa shape index (κ3) is 4.21. The first-order chi connectivity index (χ1) is 12.2. The van der Waals surface area contributed by atoms with Crippen molar-refractivity contribution in [1.29, 1.82) is 0 Å². The Labute approximate surface area is 151 Å². The van der Waals surface area contributed by atoms with Crippen LogP contribution < -0.4 is 10.3 Å². The van der Waals surface area contributed by atoms with E-state index < -0.39 is 11.4 Å². The molecular weight excluding hydrogens is 361 g/mol. The average molecular weight is 375 g/mol. The van der Waals surface area contributed by atoms with E-state index in [-0.39, 0.29) is 5.75 Å². The van der Waals surface area contributed by atoms with Gasteiger partial charge in [0.05, 0.1) is 23.4 Å². The Bertz CT molecular complexity index is 919. The van der Waals surface area contributed by atoms with Crippen molar-refractivity contribution in [2.24, 2.45) is 0 Å². The molecule has 0 aliphatic rings. The van der Waals surface area contributed by atoms with E-state index in [1.807, 2.05) is 18.2 Å². The van der Waals surface area contributed by atoms with Gasteiger partial charge >= 0.3 is 5.56 Å². The lowest BCUT2D eigenvalue weighted by Crippen LogP contribution is -2.23. The van der Waals surface area contributed by atoms with Gasteiger partial charge in [-0.3, -0.25) is 4.79 Å². The van der Waals surface area contributed by atoms with Crippen LogP contribution in [0.2, 0.25) is 0 Å². The number of benzene rings is 1. The summed E-state index contributed by atoms with van der Waals surface area (Å²) >= 11 is 0. The van der Waals surface area contributed by atoms with Gasteiger partial charge < -0.3 is 4.74 Å². The first kappa shape index (κ1) is 17.5. The molecule has 8 heteroatoms. The van der Waals surface area contributed by atoms with Gasteiger partial charge in [-0.15, -0.1) is 0 Å². The van der Waals surface area contributed by atoms with Crippen LogP contribution in [0.25, 0.3) is 5.69 Å². The quantitative estimate of drug-likeness (QED) is 0.608. The summed E-state index contributed by atoms with van der Waals surface area (Å²) < 4.78 is 20.1. The lowest BCUT2D eigenvalue weighted by atomic mass is 10.3. The van der Waals surface area contributed by atoms with Crippen LogP contribution in [0, 0.1) is 5.82 Å². The highest BCUT2D eigenvalue weighted by molar-refractivity contribution is 8.76. The van der Waals surface area contributed by atoms with Crippen molar-refractivity contribution in [3.63, 3.8) is 0 Å². The van der Waals surface area contributed by atoms with Gasteiger partial charge in [-0.25, -0.2) is 9.37 Å². The molecule has 3 rings (SSSR count). The fraction of sp³-hybridized carbons (Fsp3) is 0.118. The second kappa shape index (κ2) is 8.17. The predicted molar refractivity (Wildman–Crippen MR) is 96.9 cm³/mol. The summed E-state index contributed by atoms with van der Waals surface area (Å²) in [7, 11) is 2.74. The smallest absolute Gasteiger partial charge is 0.315 e. The van der Waals surface area contributed by atoms with Crippen molar-refractivity contribution in [2.75, 3.05) is 6.61 Å². The molecule has 0 unspecified atom stereocenters. The standard InChI is InChI=1S/C17H14FN3O2S2/c1-2-23-16-14(24-25-15-8-3-4-9-19-15)11-20-21(17(16)22)13-7-5-6-12(18)10-13/h3-11H,2H2,1H3. The van der Waals surface area contributed by atoms with Gasteiger partial charge in [0, 0.05) is 6.20 Å². The molecular formula is C17H14FN3O2S2. The second-order valence-electron chi connectivity index (χ2n) is 4.80. The summed E-state index contributed by atoms with van der Waals surface area (Å²) in [5.41, 5.74) is -0.0843. The summed E-state index contributed by atoms with van der Waals surface area (Å²) in [6.45, 7) is 2.14. The number of aromatic nitrogens is 3. The molecule has 0 radical (unpaired) electrons. The minimum absolute atomic E-state index is 0.190. The lowest BCUT2D eigenvalue weighted by Gasteiger charge is -2.11. The van der Waals surface area contributed by atoms with E-state index >= 15 is 0 Å². The Morgan fingerprint density at radius 2 is 2.08 bits per heavy atom. The minimum atomic E-state index is -0.437. The van der Waals surface area contributed by atoms with Gasteiger partial charge in [0.2, 0.25) is 5.75 Å². The van der Waals surface area contributed by atoms with Gasteiger partial charge in [0.1, 0.15) is 10.8 Å². The molecule has 2 heterocycles. The molecule has 0 bridgehead atoms. The van der Waals surface area contributed by atoms with Crippen LogP contribution in [0.4, 0.5) is 4.39 Å². The van der Waals surface area contributed by atoms with Crippen LogP contribution in [0.15, 0.2) is 69.6 Å². The average Bonchev–Trinajstić information content (AvgIpc) is 2.63. The van der Waals surface area contributed by atoms with Crippen molar-refractivity contribution in [3.8, 4) is 11.4 Å². The van der Waals surface area contributed by atoms with Gasteiger partial charge in [-0.1, -0.05) is 12.1 Å². The number of halogens is 1. The lowest BCUT2D eigenvalue weighted by molar-refractivity contribution is 0.323. The molecule has 5 nitrogen and oxygen atoms in total. The highest BCUT2D eigenvalue weighted by Crippen LogP contribution is 2.39. The Hall–Kier alpha value is -2.32. The zero-order chi connectivity index (χ0) is 17.6. The summed E-state index contributed by atoms with van der Waals surface area (Å²) in [4.78, 5) is 17.5. The van der Waals surface area contributed by atoms with E-state index in [9.17, 15) is 9.18 Å². The van der Waals surface area contributed by atoms with E-state index in [0.717, 1.165) is 9.71 Å². The Kier molecular flexibility index (Phi) is 5.72. The van der Waals surface area contributed by atoms with Gasteiger partial charge in [-0.05, 0) is 58.8 Å². The fourth-order valence-corrected chi connectivity index (χ4v) is 3.94. The van der Waals surface area contributed by atoms with Crippen LogP contribution in [-0.2, 0) is 0 Å². The highest BCUT2D eigenvalue weighted by atomic mass is 33.1. The van der Waals surface area contributed by atoms with Crippen LogP contribution in [0.1, 0.15) is 6.92 Å². The van der Waals surface area contributed by atoms with E-state index in [1.54, 1.807) is 19.2 Å². The Balaban J connectivity index is 1.94. The highest BCUT2D eigenvalue weighted by Gasteiger charge is 2.15. The molecule has 0 atom stereocenters. The van der Waals surface area contributed by atoms with Gasteiger partial charge in [0.25, 0.3) is 0 Å². The molecule has 3 aromatic rings. The first-order valence-electron chi connectivity index (χ1n) is 7.45. The molecule has 0 aliphatic carbocycles. The number of hydrogen-bond donors (Lipinski definition) is 0. The predicted octanol–water partition coefficient (Wildman–Crippen LogP) is 3.96. The Morgan fingerprint density at radius 3 is 2.80 bits per heavy atom. The van der Waals surface area contributed by atoms with Gasteiger partial charge in [0.15, 0.2) is 0 Å². The first-order valence-corrected chi connectivity index (χ1v) is 9.60. The van der Waals surface area contributed by atoms with Crippen molar-refractivity contribution in [1.82, 2.24) is 14.8 Å². The normalized spacial score (nSPS) is 10.6. The van der Waals surface area contributed by atoms with Crippen LogP contribution >= 0.6 is 21.6 Å². The SMILES string of the molecule is CCOc1c(SSc2ccccn2)cnn(-c2cccc(F)c2)c1=O. The molecule has 0 aliphatic heterocycles. The number of pyridine rings is 1. The minimum Gasteiger partial charge on any atom is -0.487 e. The molecule has 128 valence electrons. The molecule has 0 spiro atoms. The third-order valence-electron chi connectivity index (χ3n) is 3.10. The molecule has 0 saturated heterocycles. The van der Waals surface area contributed by atoms with Crippen LogP contribution in [0.3, 0.4) is 0 Å². The fourth-order valence-electron chi connectivity index (χ4n) is 2.04. The molecule has 0 N–H and O–H groups in total. The van der Waals surface area contributed by atoms with Crippen LogP contribution in [-0.4, -0.2) is 21.4 Å². The number of hydrogen-bond acceptors (Lipinski definition) is 6. The zero-order valence-electron chi connectivity index (χ0n) is 13.3.